The second kappa shape index (κ2) is 10.2. The number of carbonyl (C=O) groups excluding carboxylic acids is 1. The Morgan fingerprint density at radius 3 is 2.39 bits per heavy atom. The highest BCUT2D eigenvalue weighted by atomic mass is 32.2. The lowest BCUT2D eigenvalue weighted by atomic mass is 9.80. The highest BCUT2D eigenvalue weighted by molar-refractivity contribution is 7.87. The molecule has 0 bridgehead atoms. The van der Waals surface area contributed by atoms with Gasteiger partial charge in [0.2, 0.25) is 0 Å². The maximum absolute atomic E-state index is 12.5. The molecule has 1 heterocycles. The Morgan fingerprint density at radius 1 is 1.21 bits per heavy atom. The van der Waals surface area contributed by atoms with Gasteiger partial charge in [-0.3, -0.25) is 4.90 Å². The average Bonchev–Trinajstić information content (AvgIpc) is 2.94. The monoisotopic (exact) mass is 419 g/mol. The zero-order chi connectivity index (χ0) is 20.9. The summed E-state index contributed by atoms with van der Waals surface area (Å²) >= 11 is 0. The van der Waals surface area contributed by atoms with Gasteiger partial charge in [0, 0.05) is 19.1 Å². The largest absolute Gasteiger partial charge is 0.450 e. The predicted octanol–water partition coefficient (Wildman–Crippen LogP) is 2.26. The van der Waals surface area contributed by atoms with E-state index in [2.05, 4.69) is 23.3 Å². The number of rotatable bonds is 8. The van der Waals surface area contributed by atoms with Crippen molar-refractivity contribution in [2.24, 2.45) is 11.8 Å². The van der Waals surface area contributed by atoms with Gasteiger partial charge in [-0.1, -0.05) is 13.8 Å². The van der Waals surface area contributed by atoms with E-state index in [1.807, 2.05) is 6.92 Å². The van der Waals surface area contributed by atoms with Crippen LogP contribution in [0.15, 0.2) is 0 Å². The zero-order valence-corrected chi connectivity index (χ0v) is 18.6. The summed E-state index contributed by atoms with van der Waals surface area (Å²) in [7, 11) is -2.25. The van der Waals surface area contributed by atoms with Crippen LogP contribution in [0.1, 0.15) is 59.8 Å². The fraction of sp³-hybridized carbons (Fsp3) is 0.947. The SMILES string of the molecule is CCOC(=O)N1[C@H](C)C[C@H](NS(=O)(=O)NC)[C@@H]1COC1CCC(C(C)C)CC1. The number of carbonyl (C=O) groups is 1. The molecule has 9 heteroatoms. The van der Waals surface area contributed by atoms with E-state index >= 15 is 0 Å². The molecule has 8 nitrogen and oxygen atoms in total. The fourth-order valence-corrected chi connectivity index (χ4v) is 5.18. The topological polar surface area (TPSA) is 97.0 Å². The number of amides is 1. The molecule has 1 saturated carbocycles. The first-order valence-electron chi connectivity index (χ1n) is 10.5. The Labute approximate surface area is 169 Å². The van der Waals surface area contributed by atoms with E-state index in [9.17, 15) is 13.2 Å². The van der Waals surface area contributed by atoms with Crippen molar-refractivity contribution in [1.29, 1.82) is 0 Å². The second-order valence-corrected chi connectivity index (χ2v) is 9.96. The highest BCUT2D eigenvalue weighted by Gasteiger charge is 2.44. The minimum absolute atomic E-state index is 0.131. The van der Waals surface area contributed by atoms with Gasteiger partial charge >= 0.3 is 6.09 Å². The lowest BCUT2D eigenvalue weighted by Gasteiger charge is -2.34. The van der Waals surface area contributed by atoms with Crippen molar-refractivity contribution in [1.82, 2.24) is 14.3 Å². The molecule has 1 saturated heterocycles. The molecule has 28 heavy (non-hydrogen) atoms. The number of hydrogen-bond donors (Lipinski definition) is 2. The fourth-order valence-electron chi connectivity index (χ4n) is 4.41. The van der Waals surface area contributed by atoms with E-state index in [1.165, 1.54) is 7.05 Å². The standard InChI is InChI=1S/C19H37N3O5S/c1-6-26-19(23)22-14(4)11-17(21-28(24,25)20-5)18(22)12-27-16-9-7-15(8-10-16)13(2)3/h13-18,20-21H,6-12H2,1-5H3/t14-,15?,16?,17+,18+/m1/s1. The first-order chi connectivity index (χ1) is 13.2. The number of hydrogen-bond acceptors (Lipinski definition) is 5. The van der Waals surface area contributed by atoms with Crippen LogP contribution in [0.5, 0.6) is 0 Å². The Bertz CT molecular complexity index is 605. The number of ether oxygens (including phenoxy) is 2. The van der Waals surface area contributed by atoms with Crippen LogP contribution in [0.25, 0.3) is 0 Å². The third-order valence-electron chi connectivity index (χ3n) is 6.11. The van der Waals surface area contributed by atoms with Crippen LogP contribution in [-0.4, -0.2) is 63.9 Å². The smallest absolute Gasteiger partial charge is 0.410 e. The third kappa shape index (κ3) is 6.05. The number of likely N-dealkylation sites (tertiary alicyclic amines) is 1. The van der Waals surface area contributed by atoms with Gasteiger partial charge in [-0.2, -0.15) is 13.1 Å². The Kier molecular flexibility index (Phi) is 8.54. The maximum atomic E-state index is 12.5. The van der Waals surface area contributed by atoms with E-state index in [-0.39, 0.29) is 24.8 Å². The summed E-state index contributed by atoms with van der Waals surface area (Å²) < 4.78 is 40.3. The Morgan fingerprint density at radius 2 is 1.86 bits per heavy atom. The van der Waals surface area contributed by atoms with Crippen LogP contribution < -0.4 is 9.44 Å². The highest BCUT2D eigenvalue weighted by Crippen LogP contribution is 2.32. The molecule has 1 aliphatic carbocycles. The molecule has 0 aromatic heterocycles. The first kappa shape index (κ1) is 23.4. The predicted molar refractivity (Wildman–Crippen MR) is 108 cm³/mol. The Balaban J connectivity index is 2.04. The molecule has 0 unspecified atom stereocenters. The molecule has 164 valence electrons. The quantitative estimate of drug-likeness (QED) is 0.629. The summed E-state index contributed by atoms with van der Waals surface area (Å²) in [6, 6.07) is -0.933. The van der Waals surface area contributed by atoms with E-state index in [0.29, 0.717) is 18.9 Å². The molecule has 1 amide bonds. The Hall–Kier alpha value is -0.900. The normalized spacial score (nSPS) is 31.4. The summed E-state index contributed by atoms with van der Waals surface area (Å²) in [5, 5.41) is 0. The molecule has 3 atom stereocenters. The van der Waals surface area contributed by atoms with Crippen molar-refractivity contribution in [2.45, 2.75) is 84.0 Å². The molecular weight excluding hydrogens is 382 g/mol. The first-order valence-corrected chi connectivity index (χ1v) is 11.9. The lowest BCUT2D eigenvalue weighted by Crippen LogP contribution is -2.52. The van der Waals surface area contributed by atoms with Crippen molar-refractivity contribution in [3.63, 3.8) is 0 Å². The number of nitrogens with zero attached hydrogens (tertiary/aromatic N) is 1. The van der Waals surface area contributed by atoms with Crippen LogP contribution in [0.4, 0.5) is 4.79 Å². The summed E-state index contributed by atoms with van der Waals surface area (Å²) in [4.78, 5) is 14.1. The van der Waals surface area contributed by atoms with E-state index in [0.717, 1.165) is 31.6 Å². The van der Waals surface area contributed by atoms with Crippen molar-refractivity contribution in [3.8, 4) is 0 Å². The summed E-state index contributed by atoms with van der Waals surface area (Å²) in [6.07, 6.45) is 4.60. The van der Waals surface area contributed by atoms with Crippen molar-refractivity contribution < 1.29 is 22.7 Å². The van der Waals surface area contributed by atoms with Crippen LogP contribution in [0.2, 0.25) is 0 Å². The van der Waals surface area contributed by atoms with Crippen LogP contribution >= 0.6 is 0 Å². The molecule has 0 aromatic carbocycles. The minimum atomic E-state index is -3.62. The third-order valence-corrected chi connectivity index (χ3v) is 7.26. The van der Waals surface area contributed by atoms with Crippen LogP contribution in [0.3, 0.4) is 0 Å². The van der Waals surface area contributed by atoms with Gasteiger partial charge in [0.15, 0.2) is 0 Å². The number of nitrogens with one attached hydrogen (secondary N) is 2. The molecule has 2 N–H and O–H groups in total. The zero-order valence-electron chi connectivity index (χ0n) is 17.8. The molecule has 1 aliphatic heterocycles. The molecular formula is C19H37N3O5S. The average molecular weight is 420 g/mol. The van der Waals surface area contributed by atoms with Crippen molar-refractivity contribution >= 4 is 16.3 Å². The molecule has 2 rings (SSSR count). The molecule has 0 spiro atoms. The second-order valence-electron chi connectivity index (χ2n) is 8.30. The van der Waals surface area contributed by atoms with Gasteiger partial charge in [-0.05, 0) is 57.8 Å². The minimum Gasteiger partial charge on any atom is -0.450 e. The summed E-state index contributed by atoms with van der Waals surface area (Å²) in [5.74, 6) is 1.44. The van der Waals surface area contributed by atoms with Gasteiger partial charge < -0.3 is 9.47 Å². The van der Waals surface area contributed by atoms with Gasteiger partial charge in [0.25, 0.3) is 10.2 Å². The van der Waals surface area contributed by atoms with E-state index in [1.54, 1.807) is 11.8 Å². The molecule has 2 aliphatic rings. The van der Waals surface area contributed by atoms with Crippen LogP contribution in [0, 0.1) is 11.8 Å². The molecule has 0 radical (unpaired) electrons. The van der Waals surface area contributed by atoms with Crippen molar-refractivity contribution in [2.75, 3.05) is 20.3 Å². The summed E-state index contributed by atoms with van der Waals surface area (Å²) in [6.45, 7) is 8.78. The van der Waals surface area contributed by atoms with Gasteiger partial charge in [0.05, 0.1) is 25.4 Å². The molecule has 0 aromatic rings. The maximum Gasteiger partial charge on any atom is 0.410 e. The lowest BCUT2D eigenvalue weighted by molar-refractivity contribution is -0.0171. The summed E-state index contributed by atoms with van der Waals surface area (Å²) in [5.41, 5.74) is 0. The van der Waals surface area contributed by atoms with Gasteiger partial charge in [-0.25, -0.2) is 9.52 Å². The van der Waals surface area contributed by atoms with E-state index in [4.69, 9.17) is 9.47 Å². The van der Waals surface area contributed by atoms with E-state index < -0.39 is 22.3 Å². The van der Waals surface area contributed by atoms with Crippen molar-refractivity contribution in [3.05, 3.63) is 0 Å². The van der Waals surface area contributed by atoms with Gasteiger partial charge in [-0.15, -0.1) is 0 Å². The van der Waals surface area contributed by atoms with Crippen LogP contribution in [-0.2, 0) is 19.7 Å². The van der Waals surface area contributed by atoms with Gasteiger partial charge in [0.1, 0.15) is 0 Å². The molecule has 2 fully saturated rings.